The quantitative estimate of drug-likeness (QED) is 0.802. The number of hydrogen-bond donors (Lipinski definition) is 0. The van der Waals surface area contributed by atoms with Crippen LogP contribution in [0.4, 0.5) is 0 Å². The molecule has 0 radical (unpaired) electrons. The van der Waals surface area contributed by atoms with Gasteiger partial charge in [0.25, 0.3) is 0 Å². The largest absolute Gasteiger partial charge is 0.297 e. The smallest absolute Gasteiger partial charge is 0.0478 e. The molecule has 1 aromatic carbocycles. The molecule has 2 unspecified atom stereocenters. The van der Waals surface area contributed by atoms with Crippen LogP contribution in [-0.2, 0) is 0 Å². The summed E-state index contributed by atoms with van der Waals surface area (Å²) in [7, 11) is 0. The highest BCUT2D eigenvalue weighted by Gasteiger charge is 2.40. The summed E-state index contributed by atoms with van der Waals surface area (Å²) >= 11 is 0. The molecule has 2 heterocycles. The van der Waals surface area contributed by atoms with E-state index in [2.05, 4.69) is 40.1 Å². The SMILES string of the molecule is c1ccc(C2CN3CCCC3CN2C2CCC2)cc1. The molecule has 2 saturated heterocycles. The van der Waals surface area contributed by atoms with Crippen LogP contribution in [0.3, 0.4) is 0 Å². The second-order valence-electron chi connectivity index (χ2n) is 6.50. The number of piperazine rings is 1. The van der Waals surface area contributed by atoms with Gasteiger partial charge in [0.2, 0.25) is 0 Å². The Kier molecular flexibility index (Phi) is 3.08. The Labute approximate surface area is 116 Å². The minimum absolute atomic E-state index is 0.640. The van der Waals surface area contributed by atoms with Crippen LogP contribution < -0.4 is 0 Å². The van der Waals surface area contributed by atoms with Crippen molar-refractivity contribution in [1.29, 1.82) is 0 Å². The number of rotatable bonds is 2. The lowest BCUT2D eigenvalue weighted by Gasteiger charge is -2.50. The molecule has 4 rings (SSSR count). The zero-order valence-corrected chi connectivity index (χ0v) is 11.7. The molecule has 1 aliphatic carbocycles. The highest BCUT2D eigenvalue weighted by atomic mass is 15.3. The van der Waals surface area contributed by atoms with Gasteiger partial charge in [-0.2, -0.15) is 0 Å². The summed E-state index contributed by atoms with van der Waals surface area (Å²) in [6.45, 7) is 3.89. The van der Waals surface area contributed by atoms with E-state index in [-0.39, 0.29) is 0 Å². The van der Waals surface area contributed by atoms with Crippen LogP contribution in [0.25, 0.3) is 0 Å². The molecule has 2 heteroatoms. The van der Waals surface area contributed by atoms with Gasteiger partial charge in [0.15, 0.2) is 0 Å². The Balaban J connectivity index is 1.61. The lowest BCUT2D eigenvalue weighted by molar-refractivity contribution is -0.00594. The van der Waals surface area contributed by atoms with Crippen LogP contribution in [0.5, 0.6) is 0 Å². The van der Waals surface area contributed by atoms with Gasteiger partial charge >= 0.3 is 0 Å². The van der Waals surface area contributed by atoms with Crippen LogP contribution in [0, 0.1) is 0 Å². The predicted molar refractivity (Wildman–Crippen MR) is 78.1 cm³/mol. The molecule has 2 atom stereocenters. The molecule has 19 heavy (non-hydrogen) atoms. The van der Waals surface area contributed by atoms with Gasteiger partial charge in [0.05, 0.1) is 0 Å². The highest BCUT2D eigenvalue weighted by Crippen LogP contribution is 2.38. The third-order valence-electron chi connectivity index (χ3n) is 5.46. The van der Waals surface area contributed by atoms with E-state index < -0.39 is 0 Å². The second kappa shape index (κ2) is 4.92. The Morgan fingerprint density at radius 1 is 0.842 bits per heavy atom. The standard InChI is InChI=1S/C17H24N2/c1-2-6-14(7-3-1)17-13-18-11-5-10-16(18)12-19(17)15-8-4-9-15/h1-3,6-7,15-17H,4-5,8-13H2. The first kappa shape index (κ1) is 11.9. The Hall–Kier alpha value is -0.860. The second-order valence-corrected chi connectivity index (χ2v) is 6.50. The summed E-state index contributed by atoms with van der Waals surface area (Å²) in [4.78, 5) is 5.58. The van der Waals surface area contributed by atoms with Crippen molar-refractivity contribution < 1.29 is 0 Å². The van der Waals surface area contributed by atoms with Crippen LogP contribution in [0.1, 0.15) is 43.7 Å². The molecule has 0 aromatic heterocycles. The van der Waals surface area contributed by atoms with Crippen molar-refractivity contribution >= 4 is 0 Å². The molecule has 3 aliphatic rings. The van der Waals surface area contributed by atoms with E-state index in [9.17, 15) is 0 Å². The lowest BCUT2D eigenvalue weighted by Crippen LogP contribution is -2.56. The minimum atomic E-state index is 0.640. The van der Waals surface area contributed by atoms with E-state index in [0.717, 1.165) is 12.1 Å². The fraction of sp³-hybridized carbons (Fsp3) is 0.647. The third-order valence-corrected chi connectivity index (χ3v) is 5.46. The number of fused-ring (bicyclic) bond motifs is 1. The first-order valence-electron chi connectivity index (χ1n) is 7.96. The summed E-state index contributed by atoms with van der Waals surface area (Å²) in [6, 6.07) is 13.5. The van der Waals surface area contributed by atoms with E-state index in [1.165, 1.54) is 57.3 Å². The molecule has 1 aromatic rings. The molecule has 1 saturated carbocycles. The zero-order valence-electron chi connectivity index (χ0n) is 11.7. The van der Waals surface area contributed by atoms with E-state index in [0.29, 0.717) is 6.04 Å². The van der Waals surface area contributed by atoms with Gasteiger partial charge in [0, 0.05) is 31.2 Å². The summed E-state index contributed by atoms with van der Waals surface area (Å²) in [5.41, 5.74) is 1.53. The molecule has 0 bridgehead atoms. The molecule has 2 aliphatic heterocycles. The maximum absolute atomic E-state index is 2.84. The van der Waals surface area contributed by atoms with E-state index in [4.69, 9.17) is 0 Å². The van der Waals surface area contributed by atoms with Crippen molar-refractivity contribution in [2.75, 3.05) is 19.6 Å². The zero-order chi connectivity index (χ0) is 12.7. The van der Waals surface area contributed by atoms with E-state index in [1.54, 1.807) is 0 Å². The van der Waals surface area contributed by atoms with Crippen molar-refractivity contribution in [3.8, 4) is 0 Å². The van der Waals surface area contributed by atoms with Crippen molar-refractivity contribution in [2.24, 2.45) is 0 Å². The maximum Gasteiger partial charge on any atom is 0.0478 e. The molecule has 2 nitrogen and oxygen atoms in total. The fourth-order valence-electron chi connectivity index (χ4n) is 4.13. The monoisotopic (exact) mass is 256 g/mol. The lowest BCUT2D eigenvalue weighted by atomic mass is 9.87. The highest BCUT2D eigenvalue weighted by molar-refractivity contribution is 5.21. The van der Waals surface area contributed by atoms with Gasteiger partial charge in [-0.05, 0) is 37.8 Å². The first-order chi connectivity index (χ1) is 9.42. The van der Waals surface area contributed by atoms with Gasteiger partial charge in [-0.15, -0.1) is 0 Å². The van der Waals surface area contributed by atoms with Gasteiger partial charge in [0.1, 0.15) is 0 Å². The summed E-state index contributed by atoms with van der Waals surface area (Å²) in [5, 5.41) is 0. The predicted octanol–water partition coefficient (Wildman–Crippen LogP) is 3.06. The Morgan fingerprint density at radius 2 is 1.63 bits per heavy atom. The Morgan fingerprint density at radius 3 is 2.37 bits per heavy atom. The maximum atomic E-state index is 2.84. The Bertz CT molecular complexity index is 426. The molecule has 0 amide bonds. The summed E-state index contributed by atoms with van der Waals surface area (Å²) in [6.07, 6.45) is 7.12. The first-order valence-corrected chi connectivity index (χ1v) is 7.96. The minimum Gasteiger partial charge on any atom is -0.297 e. The van der Waals surface area contributed by atoms with Crippen LogP contribution in [0.2, 0.25) is 0 Å². The van der Waals surface area contributed by atoms with Crippen LogP contribution in [0.15, 0.2) is 30.3 Å². The van der Waals surface area contributed by atoms with Crippen molar-refractivity contribution in [3.05, 3.63) is 35.9 Å². The van der Waals surface area contributed by atoms with Gasteiger partial charge < -0.3 is 0 Å². The van der Waals surface area contributed by atoms with Crippen LogP contribution >= 0.6 is 0 Å². The molecule has 3 fully saturated rings. The normalized spacial score (nSPS) is 33.1. The summed E-state index contributed by atoms with van der Waals surface area (Å²) < 4.78 is 0. The fourth-order valence-corrected chi connectivity index (χ4v) is 4.13. The van der Waals surface area contributed by atoms with Gasteiger partial charge in [-0.3, -0.25) is 9.80 Å². The van der Waals surface area contributed by atoms with E-state index in [1.807, 2.05) is 0 Å². The van der Waals surface area contributed by atoms with Gasteiger partial charge in [-0.25, -0.2) is 0 Å². The molecular weight excluding hydrogens is 232 g/mol. The summed E-state index contributed by atoms with van der Waals surface area (Å²) in [5.74, 6) is 0. The molecule has 0 N–H and O–H groups in total. The average molecular weight is 256 g/mol. The molecule has 102 valence electrons. The van der Waals surface area contributed by atoms with Crippen molar-refractivity contribution in [3.63, 3.8) is 0 Å². The number of benzene rings is 1. The number of nitrogens with zero attached hydrogens (tertiary/aromatic N) is 2. The van der Waals surface area contributed by atoms with Crippen LogP contribution in [-0.4, -0.2) is 41.5 Å². The van der Waals surface area contributed by atoms with E-state index >= 15 is 0 Å². The van der Waals surface area contributed by atoms with Crippen molar-refractivity contribution in [1.82, 2.24) is 9.80 Å². The molecular formula is C17H24N2. The number of hydrogen-bond acceptors (Lipinski definition) is 2. The average Bonchev–Trinajstić information content (AvgIpc) is 2.84. The third kappa shape index (κ3) is 2.11. The molecule has 0 spiro atoms. The topological polar surface area (TPSA) is 6.48 Å². The van der Waals surface area contributed by atoms with Gasteiger partial charge in [-0.1, -0.05) is 36.8 Å². The van der Waals surface area contributed by atoms with Crippen molar-refractivity contribution in [2.45, 2.75) is 50.2 Å².